The van der Waals surface area contributed by atoms with E-state index in [0.29, 0.717) is 11.1 Å². The molecule has 5 nitrogen and oxygen atoms in total. The lowest BCUT2D eigenvalue weighted by molar-refractivity contribution is -0.121. The molecule has 0 bridgehead atoms. The predicted octanol–water partition coefficient (Wildman–Crippen LogP) is 1.15. The van der Waals surface area contributed by atoms with Gasteiger partial charge in [0.15, 0.2) is 0 Å². The first kappa shape index (κ1) is 17.3. The molecule has 1 aromatic rings. The van der Waals surface area contributed by atoms with Crippen LogP contribution in [0.25, 0.3) is 0 Å². The second-order valence-corrected chi connectivity index (χ2v) is 5.53. The first-order valence-corrected chi connectivity index (χ1v) is 7.16. The van der Waals surface area contributed by atoms with Crippen molar-refractivity contribution >= 4 is 15.9 Å². The molecule has 1 aromatic carbocycles. The van der Waals surface area contributed by atoms with Crippen LogP contribution in [-0.2, 0) is 10.2 Å². The molecular formula is C12H13F3N2O3S. The van der Waals surface area contributed by atoms with Crippen LogP contribution in [0.1, 0.15) is 11.1 Å². The molecule has 0 aliphatic heterocycles. The predicted molar refractivity (Wildman–Crippen MR) is 71.7 cm³/mol. The van der Waals surface area contributed by atoms with E-state index in [1.807, 2.05) is 4.72 Å². The van der Waals surface area contributed by atoms with Crippen molar-refractivity contribution in [2.75, 3.05) is 17.9 Å². The lowest BCUT2D eigenvalue weighted by Gasteiger charge is -2.12. The molecule has 0 saturated heterocycles. The Morgan fingerprint density at radius 2 is 2.00 bits per heavy atom. The van der Waals surface area contributed by atoms with Gasteiger partial charge >= 0.3 is 6.18 Å². The first-order valence-electron chi connectivity index (χ1n) is 5.67. The van der Waals surface area contributed by atoms with Crippen molar-refractivity contribution < 1.29 is 26.7 Å². The number of alkyl halides is 3. The van der Waals surface area contributed by atoms with Crippen molar-refractivity contribution in [3.63, 3.8) is 0 Å². The van der Waals surface area contributed by atoms with Gasteiger partial charge in [0.05, 0.1) is 5.69 Å². The number of hydrogen-bond donors (Lipinski definition) is 3. The van der Waals surface area contributed by atoms with E-state index in [0.717, 1.165) is 0 Å². The number of aryl methyl sites for hydroxylation is 1. The van der Waals surface area contributed by atoms with E-state index >= 15 is 0 Å². The van der Waals surface area contributed by atoms with Crippen molar-refractivity contribution in [3.8, 4) is 11.8 Å². The molecule has 0 aliphatic rings. The quantitative estimate of drug-likeness (QED) is 0.728. The van der Waals surface area contributed by atoms with E-state index in [1.165, 1.54) is 22.9 Å². The van der Waals surface area contributed by atoms with E-state index in [2.05, 4.69) is 11.8 Å². The second-order valence-electron chi connectivity index (χ2n) is 4.03. The summed E-state index contributed by atoms with van der Waals surface area (Å²) in [6.45, 7) is -0.307. The minimum Gasteiger partial charge on any atom is -0.384 e. The Balaban J connectivity index is 2.81. The van der Waals surface area contributed by atoms with Crippen LogP contribution < -0.4 is 9.44 Å². The van der Waals surface area contributed by atoms with Gasteiger partial charge in [-0.3, -0.25) is 4.72 Å². The molecule has 0 heterocycles. The Hall–Kier alpha value is -1.76. The molecular weight excluding hydrogens is 309 g/mol. The summed E-state index contributed by atoms with van der Waals surface area (Å²) in [5.74, 6) is 5.10. The third kappa shape index (κ3) is 6.48. The van der Waals surface area contributed by atoms with Crippen LogP contribution in [0.4, 0.5) is 18.9 Å². The van der Waals surface area contributed by atoms with Crippen molar-refractivity contribution in [2.24, 2.45) is 0 Å². The number of nitrogens with one attached hydrogen (secondary N) is 2. The van der Waals surface area contributed by atoms with Crippen LogP contribution in [0, 0.1) is 18.8 Å². The third-order valence-corrected chi connectivity index (χ3v) is 3.27. The van der Waals surface area contributed by atoms with Gasteiger partial charge < -0.3 is 5.11 Å². The highest BCUT2D eigenvalue weighted by molar-refractivity contribution is 7.90. The number of hydrogen-bond acceptors (Lipinski definition) is 3. The lowest BCUT2D eigenvalue weighted by Crippen LogP contribution is -2.37. The number of halogens is 3. The Kier molecular flexibility index (Phi) is 5.60. The molecule has 1 rings (SSSR count). The molecule has 3 N–H and O–H groups in total. The average molecular weight is 322 g/mol. The zero-order valence-corrected chi connectivity index (χ0v) is 11.8. The third-order valence-electron chi connectivity index (χ3n) is 2.24. The van der Waals surface area contributed by atoms with Crippen LogP contribution >= 0.6 is 0 Å². The maximum Gasteiger partial charge on any atom is 0.402 e. The Morgan fingerprint density at radius 1 is 1.33 bits per heavy atom. The lowest BCUT2D eigenvalue weighted by atomic mass is 10.1. The molecule has 0 amide bonds. The molecule has 0 fully saturated rings. The fourth-order valence-corrected chi connectivity index (χ4v) is 2.23. The van der Waals surface area contributed by atoms with Crippen LogP contribution in [0.15, 0.2) is 18.2 Å². The van der Waals surface area contributed by atoms with Crippen LogP contribution in [0.2, 0.25) is 0 Å². The zero-order valence-electron chi connectivity index (χ0n) is 11.0. The minimum atomic E-state index is -4.63. The topological polar surface area (TPSA) is 78.4 Å². The Bertz CT molecular complexity index is 661. The molecule has 0 aromatic heterocycles. The highest BCUT2D eigenvalue weighted by Gasteiger charge is 2.29. The highest BCUT2D eigenvalue weighted by atomic mass is 32.2. The van der Waals surface area contributed by atoms with Gasteiger partial charge in [-0.15, -0.1) is 0 Å². The van der Waals surface area contributed by atoms with Gasteiger partial charge in [-0.05, 0) is 30.7 Å². The van der Waals surface area contributed by atoms with Gasteiger partial charge in [-0.2, -0.15) is 26.3 Å². The number of rotatable bonds is 4. The van der Waals surface area contributed by atoms with Gasteiger partial charge in [0.2, 0.25) is 0 Å². The number of anilines is 1. The van der Waals surface area contributed by atoms with E-state index in [1.54, 1.807) is 6.92 Å². The minimum absolute atomic E-state index is 0.108. The van der Waals surface area contributed by atoms with Gasteiger partial charge in [0.1, 0.15) is 13.2 Å². The van der Waals surface area contributed by atoms with Crippen molar-refractivity contribution in [3.05, 3.63) is 29.3 Å². The maximum absolute atomic E-state index is 12.0. The summed E-state index contributed by atoms with van der Waals surface area (Å²) in [6, 6.07) is 4.29. The fourth-order valence-electron chi connectivity index (χ4n) is 1.37. The SMILES string of the molecule is Cc1cc(NS(=O)(=O)NCC(F)(F)F)ccc1C#CCO. The summed E-state index contributed by atoms with van der Waals surface area (Å²) in [6.07, 6.45) is -4.63. The fraction of sp³-hybridized carbons (Fsp3) is 0.333. The summed E-state index contributed by atoms with van der Waals surface area (Å²) in [5, 5.41) is 8.59. The molecule has 0 spiro atoms. The molecule has 21 heavy (non-hydrogen) atoms. The molecule has 9 heteroatoms. The van der Waals surface area contributed by atoms with Crippen LogP contribution in [-0.4, -0.2) is 32.9 Å². The normalized spacial score (nSPS) is 11.7. The second kappa shape index (κ2) is 6.80. The number of benzene rings is 1. The van der Waals surface area contributed by atoms with Crippen molar-refractivity contribution in [1.82, 2.24) is 4.72 Å². The maximum atomic E-state index is 12.0. The Labute approximate surface area is 120 Å². The van der Waals surface area contributed by atoms with Crippen LogP contribution in [0.3, 0.4) is 0 Å². The van der Waals surface area contributed by atoms with Crippen molar-refractivity contribution in [1.29, 1.82) is 0 Å². The van der Waals surface area contributed by atoms with Gasteiger partial charge in [0, 0.05) is 5.56 Å². The standard InChI is InChI=1S/C12H13F3N2O3S/c1-9-7-11(5-4-10(9)3-2-6-18)17-21(19,20)16-8-12(13,14)15/h4-5,7,16-18H,6,8H2,1H3. The van der Waals surface area contributed by atoms with E-state index in [9.17, 15) is 21.6 Å². The average Bonchev–Trinajstić information content (AvgIpc) is 2.34. The monoisotopic (exact) mass is 322 g/mol. The largest absolute Gasteiger partial charge is 0.402 e. The van der Waals surface area contributed by atoms with E-state index in [-0.39, 0.29) is 12.3 Å². The molecule has 116 valence electrons. The van der Waals surface area contributed by atoms with E-state index in [4.69, 9.17) is 5.11 Å². The van der Waals surface area contributed by atoms with Gasteiger partial charge in [0.25, 0.3) is 10.2 Å². The Morgan fingerprint density at radius 3 is 2.52 bits per heavy atom. The van der Waals surface area contributed by atoms with Crippen LogP contribution in [0.5, 0.6) is 0 Å². The molecule has 0 atom stereocenters. The molecule has 0 aliphatic carbocycles. The van der Waals surface area contributed by atoms with Crippen molar-refractivity contribution in [2.45, 2.75) is 13.1 Å². The zero-order chi connectivity index (χ0) is 16.1. The highest BCUT2D eigenvalue weighted by Crippen LogP contribution is 2.16. The molecule has 0 radical (unpaired) electrons. The molecule has 0 unspecified atom stereocenters. The molecule has 0 saturated carbocycles. The number of aliphatic hydroxyl groups is 1. The van der Waals surface area contributed by atoms with Gasteiger partial charge in [-0.25, -0.2) is 0 Å². The summed E-state index contributed by atoms with van der Waals surface area (Å²) in [4.78, 5) is 0. The summed E-state index contributed by atoms with van der Waals surface area (Å²) in [5.41, 5.74) is 1.30. The summed E-state index contributed by atoms with van der Waals surface area (Å²) >= 11 is 0. The van der Waals surface area contributed by atoms with Gasteiger partial charge in [-0.1, -0.05) is 11.8 Å². The summed E-state index contributed by atoms with van der Waals surface area (Å²) < 4.78 is 62.1. The smallest absolute Gasteiger partial charge is 0.384 e. The first-order chi connectivity index (χ1) is 9.63. The summed E-state index contributed by atoms with van der Waals surface area (Å²) in [7, 11) is -4.31. The van der Waals surface area contributed by atoms with E-state index < -0.39 is 22.9 Å². The number of aliphatic hydroxyl groups excluding tert-OH is 1.